The monoisotopic (exact) mass is 628 g/mol. The second-order valence-corrected chi connectivity index (χ2v) is 12.2. The van der Waals surface area contributed by atoms with Crippen molar-refractivity contribution in [3.8, 4) is 0 Å². The van der Waals surface area contributed by atoms with Crippen LogP contribution in [0.1, 0.15) is 15.9 Å². The lowest BCUT2D eigenvalue weighted by Gasteiger charge is -2.37. The van der Waals surface area contributed by atoms with E-state index in [-0.39, 0.29) is 26.2 Å². The van der Waals surface area contributed by atoms with Crippen molar-refractivity contribution in [2.24, 2.45) is 11.8 Å². The van der Waals surface area contributed by atoms with Gasteiger partial charge in [-0.2, -0.15) is 5.01 Å². The number of halogens is 8. The van der Waals surface area contributed by atoms with E-state index in [4.69, 9.17) is 81.2 Å². The predicted molar refractivity (Wildman–Crippen MR) is 137 cm³/mol. The molecule has 2 aliphatic carbocycles. The molecule has 3 amide bonds. The van der Waals surface area contributed by atoms with Crippen LogP contribution in [0.25, 0.3) is 0 Å². The quantitative estimate of drug-likeness (QED) is 0.287. The first-order chi connectivity index (χ1) is 16.8. The Kier molecular flexibility index (Phi) is 6.32. The Labute approximate surface area is 239 Å². The Morgan fingerprint density at radius 3 is 1.89 bits per heavy atom. The Morgan fingerprint density at radius 2 is 1.36 bits per heavy atom. The topological polar surface area (TPSA) is 57.7 Å². The van der Waals surface area contributed by atoms with Crippen molar-refractivity contribution in [2.45, 2.75) is 20.6 Å². The van der Waals surface area contributed by atoms with E-state index in [0.29, 0.717) is 5.01 Å². The largest absolute Gasteiger partial charge is 0.274 e. The molecule has 2 bridgehead atoms. The summed E-state index contributed by atoms with van der Waals surface area (Å²) in [6.45, 7) is -0.500. The third-order valence-corrected chi connectivity index (χ3v) is 11.3. The fourth-order valence-electron chi connectivity index (χ4n) is 5.01. The van der Waals surface area contributed by atoms with Gasteiger partial charge < -0.3 is 0 Å². The average Bonchev–Trinajstić information content (AvgIpc) is 3.22. The van der Waals surface area contributed by atoms with Crippen LogP contribution in [0, 0.1) is 17.7 Å². The third-order valence-electron chi connectivity index (χ3n) is 6.74. The van der Waals surface area contributed by atoms with E-state index in [1.807, 2.05) is 0 Å². The van der Waals surface area contributed by atoms with Gasteiger partial charge in [0.15, 0.2) is 4.33 Å². The number of hydrazine groups is 1. The van der Waals surface area contributed by atoms with Gasteiger partial charge in [0.05, 0.1) is 39.0 Å². The minimum atomic E-state index is -2.13. The zero-order chi connectivity index (χ0) is 26.4. The number of amides is 3. The van der Waals surface area contributed by atoms with Crippen molar-refractivity contribution in [1.82, 2.24) is 10.0 Å². The number of hydrogen-bond donors (Lipinski definition) is 0. The van der Waals surface area contributed by atoms with E-state index in [9.17, 15) is 18.8 Å². The Morgan fingerprint density at radius 1 is 0.861 bits per heavy atom. The first-order valence-corrected chi connectivity index (χ1v) is 13.0. The molecular formula is C23H12Cl7FN2O3. The van der Waals surface area contributed by atoms with Crippen molar-refractivity contribution in [3.63, 3.8) is 0 Å². The Hall–Kier alpha value is -1.25. The molecule has 4 atom stereocenters. The summed E-state index contributed by atoms with van der Waals surface area (Å²) in [5, 5.41) is 0.872. The molecule has 36 heavy (non-hydrogen) atoms. The van der Waals surface area contributed by atoms with Crippen LogP contribution >= 0.6 is 81.2 Å². The molecule has 5 rings (SSSR count). The number of nitrogens with zero attached hydrogens (tertiary/aromatic N) is 2. The highest BCUT2D eigenvalue weighted by atomic mass is 35.5. The number of alkyl halides is 4. The van der Waals surface area contributed by atoms with E-state index < -0.39 is 56.0 Å². The van der Waals surface area contributed by atoms with Crippen LogP contribution in [0.5, 0.6) is 0 Å². The van der Waals surface area contributed by atoms with Gasteiger partial charge >= 0.3 is 0 Å². The van der Waals surface area contributed by atoms with Crippen LogP contribution in [0.4, 0.5) is 4.39 Å². The highest BCUT2D eigenvalue weighted by Gasteiger charge is 2.88. The van der Waals surface area contributed by atoms with Gasteiger partial charge in [-0.3, -0.25) is 14.4 Å². The summed E-state index contributed by atoms with van der Waals surface area (Å²) in [4.78, 5) is 37.2. The summed E-state index contributed by atoms with van der Waals surface area (Å²) in [5.41, 5.74) is -0.00605. The van der Waals surface area contributed by atoms with Gasteiger partial charge in [-0.25, -0.2) is 9.40 Å². The first-order valence-electron chi connectivity index (χ1n) is 10.3. The van der Waals surface area contributed by atoms with Crippen LogP contribution in [-0.2, 0) is 16.1 Å². The minimum absolute atomic E-state index is 0.0259. The molecule has 1 aliphatic heterocycles. The molecular weight excluding hydrogens is 619 g/mol. The molecule has 5 nitrogen and oxygen atoms in total. The summed E-state index contributed by atoms with van der Waals surface area (Å²) in [6.07, 6.45) is 0. The van der Waals surface area contributed by atoms with Crippen molar-refractivity contribution in [1.29, 1.82) is 0 Å². The maximum absolute atomic E-state index is 14.6. The molecule has 1 saturated heterocycles. The van der Waals surface area contributed by atoms with E-state index in [1.54, 1.807) is 18.2 Å². The molecule has 0 N–H and O–H groups in total. The molecule has 1 saturated carbocycles. The second-order valence-electron chi connectivity index (χ2n) is 8.50. The summed E-state index contributed by atoms with van der Waals surface area (Å²) >= 11 is 45.4. The second kappa shape index (κ2) is 8.63. The zero-order valence-electron chi connectivity index (χ0n) is 17.6. The Balaban J connectivity index is 1.65. The number of carbonyl (C=O) groups is 3. The summed E-state index contributed by atoms with van der Waals surface area (Å²) in [5.74, 6) is -6.34. The van der Waals surface area contributed by atoms with Crippen LogP contribution in [-0.4, -0.2) is 41.8 Å². The number of imide groups is 1. The van der Waals surface area contributed by atoms with Crippen LogP contribution in [0.3, 0.4) is 0 Å². The van der Waals surface area contributed by atoms with Crippen LogP contribution < -0.4 is 0 Å². The van der Waals surface area contributed by atoms with Gasteiger partial charge in [0.25, 0.3) is 17.7 Å². The lowest BCUT2D eigenvalue weighted by atomic mass is 9.84. The molecule has 3 aliphatic rings. The molecule has 13 heteroatoms. The van der Waals surface area contributed by atoms with Crippen molar-refractivity contribution >= 4 is 98.9 Å². The molecule has 188 valence electrons. The van der Waals surface area contributed by atoms with Crippen LogP contribution in [0.2, 0.25) is 5.02 Å². The number of carbonyl (C=O) groups excluding carboxylic acids is 3. The van der Waals surface area contributed by atoms with Gasteiger partial charge in [-0.15, -0.1) is 23.2 Å². The highest BCUT2D eigenvalue weighted by molar-refractivity contribution is 6.66. The number of rotatable bonds is 4. The van der Waals surface area contributed by atoms with E-state index in [1.165, 1.54) is 30.3 Å². The van der Waals surface area contributed by atoms with Gasteiger partial charge in [0, 0.05) is 5.56 Å². The van der Waals surface area contributed by atoms with E-state index in [0.717, 1.165) is 5.01 Å². The fraction of sp³-hybridized carbons (Fsp3) is 0.261. The van der Waals surface area contributed by atoms with Crippen molar-refractivity contribution in [2.75, 3.05) is 0 Å². The normalized spacial score (nSPS) is 30.3. The zero-order valence-corrected chi connectivity index (χ0v) is 22.9. The van der Waals surface area contributed by atoms with Gasteiger partial charge in [0.1, 0.15) is 15.6 Å². The van der Waals surface area contributed by atoms with Gasteiger partial charge in [-0.1, -0.05) is 88.3 Å². The third kappa shape index (κ3) is 3.13. The highest BCUT2D eigenvalue weighted by Crippen LogP contribution is 2.77. The van der Waals surface area contributed by atoms with Crippen LogP contribution in [0.15, 0.2) is 58.6 Å². The number of benzene rings is 2. The molecule has 0 radical (unpaired) electrons. The lowest BCUT2D eigenvalue weighted by Crippen LogP contribution is -2.55. The smallest absolute Gasteiger partial charge is 0.272 e. The van der Waals surface area contributed by atoms with E-state index >= 15 is 0 Å². The molecule has 2 aromatic rings. The molecule has 1 heterocycles. The van der Waals surface area contributed by atoms with Crippen molar-refractivity contribution in [3.05, 3.63) is 80.6 Å². The average molecular weight is 632 g/mol. The molecule has 0 unspecified atom stereocenters. The maximum Gasteiger partial charge on any atom is 0.274 e. The lowest BCUT2D eigenvalue weighted by molar-refractivity contribution is -0.156. The van der Waals surface area contributed by atoms with Crippen molar-refractivity contribution < 1.29 is 18.8 Å². The molecule has 0 aromatic heterocycles. The van der Waals surface area contributed by atoms with E-state index in [2.05, 4.69) is 0 Å². The summed E-state index contributed by atoms with van der Waals surface area (Å²) in [7, 11) is 0. The molecule has 2 fully saturated rings. The maximum atomic E-state index is 14.6. The SMILES string of the molecule is O=C(c1ccccc1Cl)N(Cc1ccccc1F)N1C(=O)[C@@H]2[C@H](C1=O)[C@@]1(Cl)C(Cl)=C(Cl)[C@@]2(Cl)C1(Cl)Cl. The summed E-state index contributed by atoms with van der Waals surface area (Å²) < 4.78 is 12.5. The van der Waals surface area contributed by atoms with Gasteiger partial charge in [0.2, 0.25) is 0 Å². The standard InChI is InChI=1S/C23H12Cl7FN2O3/c24-12-7-3-2-6-11(12)18(34)32(9-10-5-1-4-8-13(10)31)33-19(35)14-15(20(33)36)22(28)17(26)16(25)21(14,27)23(22,29)30/h1-8,14-15H,9H2/t14-,15+,21-,22-/m1/s1. The minimum Gasteiger partial charge on any atom is -0.272 e. The molecule has 0 spiro atoms. The summed E-state index contributed by atoms with van der Waals surface area (Å²) in [6, 6.07) is 11.6. The first kappa shape index (κ1) is 26.4. The fourth-order valence-corrected chi connectivity index (χ4v) is 8.16. The van der Waals surface area contributed by atoms with Gasteiger partial charge in [-0.05, 0) is 18.2 Å². The number of allylic oxidation sites excluding steroid dienone is 2. The Bertz CT molecular complexity index is 1340. The number of hydrogen-bond acceptors (Lipinski definition) is 3. The predicted octanol–water partition coefficient (Wildman–Crippen LogP) is 6.48. The molecule has 2 aromatic carbocycles. The number of fused-ring (bicyclic) bond motifs is 5.